The molecule has 1 aromatic carbocycles. The first-order valence-corrected chi connectivity index (χ1v) is 6.22. The van der Waals surface area contributed by atoms with Crippen LogP contribution in [-0.4, -0.2) is 46.6 Å². The number of phenols is 2. The molecular formula is C11H15NO3S. The molecule has 0 radical (unpaired) electrons. The van der Waals surface area contributed by atoms with Crippen LogP contribution < -0.4 is 0 Å². The van der Waals surface area contributed by atoms with Crippen LogP contribution in [0.5, 0.6) is 11.5 Å². The minimum atomic E-state index is -0.244. The lowest BCUT2D eigenvalue weighted by Gasteiger charge is -2.17. The van der Waals surface area contributed by atoms with E-state index in [4.69, 9.17) is 5.11 Å². The van der Waals surface area contributed by atoms with Crippen LogP contribution in [0, 0.1) is 0 Å². The van der Waals surface area contributed by atoms with Crippen molar-refractivity contribution in [3.05, 3.63) is 23.8 Å². The maximum Gasteiger partial charge on any atom is 0.257 e. The van der Waals surface area contributed by atoms with Gasteiger partial charge in [-0.3, -0.25) is 4.79 Å². The summed E-state index contributed by atoms with van der Waals surface area (Å²) in [5.41, 5.74) is 0.210. The maximum absolute atomic E-state index is 11.9. The van der Waals surface area contributed by atoms with Gasteiger partial charge in [0.1, 0.15) is 11.5 Å². The molecule has 88 valence electrons. The Kier molecular flexibility index (Phi) is 4.49. The fourth-order valence-electron chi connectivity index (χ4n) is 1.24. The first kappa shape index (κ1) is 12.7. The van der Waals surface area contributed by atoms with Gasteiger partial charge in [0.2, 0.25) is 0 Å². The molecule has 0 fully saturated rings. The molecule has 0 aliphatic carbocycles. The highest BCUT2D eigenvalue weighted by Crippen LogP contribution is 2.23. The molecule has 0 saturated heterocycles. The first-order valence-electron chi connectivity index (χ1n) is 4.82. The molecular weight excluding hydrogens is 226 g/mol. The number of nitrogens with zero attached hydrogens (tertiary/aromatic N) is 1. The number of carbonyl (C=O) groups excluding carboxylic acids is 1. The molecule has 1 amide bonds. The van der Waals surface area contributed by atoms with E-state index in [1.54, 1.807) is 23.7 Å². The Morgan fingerprint density at radius 2 is 2.12 bits per heavy atom. The zero-order chi connectivity index (χ0) is 12.1. The molecule has 0 atom stereocenters. The molecule has 0 aromatic heterocycles. The van der Waals surface area contributed by atoms with Gasteiger partial charge in [-0.25, -0.2) is 0 Å². The minimum absolute atomic E-state index is 0.0548. The molecule has 0 heterocycles. The van der Waals surface area contributed by atoms with Gasteiger partial charge in [-0.2, -0.15) is 11.8 Å². The van der Waals surface area contributed by atoms with Crippen LogP contribution in [0.4, 0.5) is 0 Å². The zero-order valence-electron chi connectivity index (χ0n) is 9.30. The molecule has 0 aliphatic heterocycles. The Labute approximate surface area is 98.9 Å². The largest absolute Gasteiger partial charge is 0.508 e. The summed E-state index contributed by atoms with van der Waals surface area (Å²) in [6.45, 7) is 0.625. The van der Waals surface area contributed by atoms with E-state index in [1.807, 2.05) is 6.26 Å². The van der Waals surface area contributed by atoms with Crippen LogP contribution in [0.1, 0.15) is 10.4 Å². The molecule has 4 nitrogen and oxygen atoms in total. The number of thioether (sulfide) groups is 1. The summed E-state index contributed by atoms with van der Waals surface area (Å²) in [5, 5.41) is 18.6. The average molecular weight is 241 g/mol. The number of amides is 1. The lowest BCUT2D eigenvalue weighted by molar-refractivity contribution is 0.0801. The van der Waals surface area contributed by atoms with Gasteiger partial charge in [-0.05, 0) is 18.4 Å². The maximum atomic E-state index is 11.9. The Hall–Kier alpha value is -1.36. The van der Waals surface area contributed by atoms with Crippen LogP contribution >= 0.6 is 11.8 Å². The molecule has 2 N–H and O–H groups in total. The van der Waals surface area contributed by atoms with E-state index in [1.165, 1.54) is 12.1 Å². The highest BCUT2D eigenvalue weighted by atomic mass is 32.2. The molecule has 0 bridgehead atoms. The molecule has 1 rings (SSSR count). The Morgan fingerprint density at radius 1 is 1.44 bits per heavy atom. The molecule has 0 aliphatic rings. The highest BCUT2D eigenvalue weighted by molar-refractivity contribution is 7.98. The molecule has 0 unspecified atom stereocenters. The summed E-state index contributed by atoms with van der Waals surface area (Å²) in [4.78, 5) is 13.4. The van der Waals surface area contributed by atoms with Gasteiger partial charge in [0.05, 0.1) is 5.56 Å². The Balaban J connectivity index is 2.79. The molecule has 16 heavy (non-hydrogen) atoms. The Morgan fingerprint density at radius 3 is 2.69 bits per heavy atom. The fourth-order valence-corrected chi connectivity index (χ4v) is 1.69. The van der Waals surface area contributed by atoms with Crippen molar-refractivity contribution in [1.29, 1.82) is 0 Å². The standard InChI is InChI=1S/C11H15NO3S/c1-12(5-6-16-2)11(15)9-4-3-8(13)7-10(9)14/h3-4,7,13-14H,5-6H2,1-2H3. The third kappa shape index (κ3) is 3.06. The van der Waals surface area contributed by atoms with E-state index in [0.717, 1.165) is 11.8 Å². The van der Waals surface area contributed by atoms with E-state index >= 15 is 0 Å². The van der Waals surface area contributed by atoms with Crippen LogP contribution in [0.2, 0.25) is 0 Å². The summed E-state index contributed by atoms with van der Waals surface area (Å²) >= 11 is 1.65. The number of aromatic hydroxyl groups is 2. The quantitative estimate of drug-likeness (QED) is 0.839. The molecule has 1 aromatic rings. The van der Waals surface area contributed by atoms with E-state index in [9.17, 15) is 9.90 Å². The van der Waals surface area contributed by atoms with Crippen molar-refractivity contribution in [3.63, 3.8) is 0 Å². The Bertz CT molecular complexity index is 381. The number of rotatable bonds is 4. The van der Waals surface area contributed by atoms with Gasteiger partial charge >= 0.3 is 0 Å². The van der Waals surface area contributed by atoms with Crippen LogP contribution in [0.25, 0.3) is 0 Å². The van der Waals surface area contributed by atoms with E-state index in [2.05, 4.69) is 0 Å². The summed E-state index contributed by atoms with van der Waals surface area (Å²) in [6.07, 6.45) is 1.97. The summed E-state index contributed by atoms with van der Waals surface area (Å²) in [6, 6.07) is 3.97. The number of phenolic OH excluding ortho intramolecular Hbond substituents is 2. The number of hydrogen-bond acceptors (Lipinski definition) is 4. The monoisotopic (exact) mass is 241 g/mol. The van der Waals surface area contributed by atoms with Crippen LogP contribution in [0.3, 0.4) is 0 Å². The smallest absolute Gasteiger partial charge is 0.257 e. The van der Waals surface area contributed by atoms with E-state index in [0.29, 0.717) is 6.54 Å². The second-order valence-electron chi connectivity index (χ2n) is 3.42. The minimum Gasteiger partial charge on any atom is -0.508 e. The van der Waals surface area contributed by atoms with Gasteiger partial charge in [0.15, 0.2) is 0 Å². The molecule has 0 spiro atoms. The number of carbonyl (C=O) groups is 1. The summed E-state index contributed by atoms with van der Waals surface area (Å²) < 4.78 is 0. The van der Waals surface area contributed by atoms with Gasteiger partial charge in [-0.1, -0.05) is 0 Å². The second kappa shape index (κ2) is 5.65. The van der Waals surface area contributed by atoms with Crippen LogP contribution in [0.15, 0.2) is 18.2 Å². The fraction of sp³-hybridized carbons (Fsp3) is 0.364. The van der Waals surface area contributed by atoms with Crippen molar-refractivity contribution in [1.82, 2.24) is 4.90 Å². The summed E-state index contributed by atoms with van der Waals surface area (Å²) in [7, 11) is 1.69. The van der Waals surface area contributed by atoms with Crippen LogP contribution in [-0.2, 0) is 0 Å². The predicted molar refractivity (Wildman–Crippen MR) is 65.1 cm³/mol. The lowest BCUT2D eigenvalue weighted by Crippen LogP contribution is -2.28. The van der Waals surface area contributed by atoms with Crippen molar-refractivity contribution in [2.24, 2.45) is 0 Å². The van der Waals surface area contributed by atoms with Crippen molar-refractivity contribution in [3.8, 4) is 11.5 Å². The highest BCUT2D eigenvalue weighted by Gasteiger charge is 2.15. The molecule has 5 heteroatoms. The van der Waals surface area contributed by atoms with E-state index in [-0.39, 0.29) is 23.0 Å². The topological polar surface area (TPSA) is 60.8 Å². The molecule has 0 saturated carbocycles. The lowest BCUT2D eigenvalue weighted by atomic mass is 10.1. The van der Waals surface area contributed by atoms with E-state index < -0.39 is 0 Å². The van der Waals surface area contributed by atoms with Crippen molar-refractivity contribution in [2.45, 2.75) is 0 Å². The first-order chi connectivity index (χ1) is 7.56. The van der Waals surface area contributed by atoms with Gasteiger partial charge in [-0.15, -0.1) is 0 Å². The summed E-state index contributed by atoms with van der Waals surface area (Å²) in [5.74, 6) is 0.356. The van der Waals surface area contributed by atoms with Crippen molar-refractivity contribution >= 4 is 17.7 Å². The second-order valence-corrected chi connectivity index (χ2v) is 4.41. The zero-order valence-corrected chi connectivity index (χ0v) is 10.1. The average Bonchev–Trinajstić information content (AvgIpc) is 2.25. The number of benzene rings is 1. The van der Waals surface area contributed by atoms with Crippen molar-refractivity contribution < 1.29 is 15.0 Å². The predicted octanol–water partition coefficient (Wildman–Crippen LogP) is 1.53. The van der Waals surface area contributed by atoms with Gasteiger partial charge < -0.3 is 15.1 Å². The number of hydrogen-bond donors (Lipinski definition) is 2. The van der Waals surface area contributed by atoms with Crippen molar-refractivity contribution in [2.75, 3.05) is 25.6 Å². The normalized spacial score (nSPS) is 10.1. The third-order valence-corrected chi connectivity index (χ3v) is 2.78. The van der Waals surface area contributed by atoms with Gasteiger partial charge in [0.25, 0.3) is 5.91 Å². The van der Waals surface area contributed by atoms with Gasteiger partial charge in [0, 0.05) is 25.4 Å². The third-order valence-electron chi connectivity index (χ3n) is 2.19. The SMILES string of the molecule is CSCCN(C)C(=O)c1ccc(O)cc1O.